The number of oxime groups is 1. The van der Waals surface area contributed by atoms with Crippen LogP contribution in [0, 0.1) is 5.92 Å². The van der Waals surface area contributed by atoms with Crippen LogP contribution in [-0.2, 0) is 4.79 Å². The number of nitrogens with zero attached hydrogens (tertiary/aromatic N) is 1. The van der Waals surface area contributed by atoms with E-state index in [9.17, 15) is 18.0 Å². The molecule has 0 spiro atoms. The molecule has 0 saturated heterocycles. The number of halogens is 3. The third kappa shape index (κ3) is 6.28. The third-order valence-electron chi connectivity index (χ3n) is 1.95. The number of alkyl halides is 3. The van der Waals surface area contributed by atoms with Crippen LogP contribution < -0.4 is 16.4 Å². The van der Waals surface area contributed by atoms with Crippen molar-refractivity contribution in [3.8, 4) is 0 Å². The Hall–Kier alpha value is -1.51. The van der Waals surface area contributed by atoms with Crippen molar-refractivity contribution < 1.29 is 23.2 Å². The van der Waals surface area contributed by atoms with Crippen LogP contribution in [0.1, 0.15) is 13.8 Å². The smallest absolute Gasteiger partial charge is 0.400 e. The van der Waals surface area contributed by atoms with Crippen molar-refractivity contribution in [3.63, 3.8) is 0 Å². The van der Waals surface area contributed by atoms with Gasteiger partial charge in [0.2, 0.25) is 5.91 Å². The molecular weight excluding hydrogens is 253 g/mol. The fourth-order valence-corrected chi connectivity index (χ4v) is 1.16. The molecule has 106 valence electrons. The van der Waals surface area contributed by atoms with E-state index in [2.05, 4.69) is 15.8 Å². The number of hydrogen-bond donors (Lipinski definition) is 4. The predicted molar refractivity (Wildman–Crippen MR) is 59.1 cm³/mol. The van der Waals surface area contributed by atoms with Crippen LogP contribution in [0.2, 0.25) is 0 Å². The molecule has 18 heavy (non-hydrogen) atoms. The van der Waals surface area contributed by atoms with Crippen LogP contribution in [0.4, 0.5) is 13.2 Å². The van der Waals surface area contributed by atoms with Gasteiger partial charge in [0.25, 0.3) is 0 Å². The summed E-state index contributed by atoms with van der Waals surface area (Å²) in [4.78, 5) is 11.2. The van der Waals surface area contributed by atoms with Crippen molar-refractivity contribution in [3.05, 3.63) is 0 Å². The molecule has 0 aromatic heterocycles. The van der Waals surface area contributed by atoms with E-state index in [0.717, 1.165) is 0 Å². The van der Waals surface area contributed by atoms with Crippen molar-refractivity contribution >= 4 is 11.7 Å². The molecule has 1 unspecified atom stereocenters. The van der Waals surface area contributed by atoms with E-state index in [0.29, 0.717) is 0 Å². The number of nitrogens with one attached hydrogen (secondary N) is 2. The van der Waals surface area contributed by atoms with Crippen molar-refractivity contribution in [1.82, 2.24) is 10.6 Å². The zero-order chi connectivity index (χ0) is 14.3. The minimum atomic E-state index is -4.64. The SMILES string of the molecule is CC(C)NC(=O)CNCC(C(N)=NO)C(F)(F)F. The molecular formula is C9H17F3N4O2. The number of carbonyl (C=O) groups excluding carboxylic acids is 1. The zero-order valence-electron chi connectivity index (χ0n) is 10.1. The number of hydrogen-bond acceptors (Lipinski definition) is 4. The lowest BCUT2D eigenvalue weighted by Gasteiger charge is -2.19. The van der Waals surface area contributed by atoms with Gasteiger partial charge < -0.3 is 21.6 Å². The first-order valence-electron chi connectivity index (χ1n) is 5.22. The minimum absolute atomic E-state index is 0.0956. The number of amides is 1. The molecule has 0 fully saturated rings. The summed E-state index contributed by atoms with van der Waals surface area (Å²) < 4.78 is 37.4. The maximum atomic E-state index is 12.5. The highest BCUT2D eigenvalue weighted by molar-refractivity contribution is 5.83. The molecule has 0 saturated carbocycles. The Morgan fingerprint density at radius 3 is 2.39 bits per heavy atom. The molecule has 5 N–H and O–H groups in total. The second-order valence-corrected chi connectivity index (χ2v) is 3.97. The Kier molecular flexibility index (Phi) is 6.45. The van der Waals surface area contributed by atoms with Gasteiger partial charge in [0.05, 0.1) is 6.54 Å². The number of rotatable bonds is 6. The van der Waals surface area contributed by atoms with Gasteiger partial charge in [-0.25, -0.2) is 0 Å². The Balaban J connectivity index is 4.26. The van der Waals surface area contributed by atoms with Gasteiger partial charge in [0.15, 0.2) is 5.84 Å². The second kappa shape index (κ2) is 7.04. The summed E-state index contributed by atoms with van der Waals surface area (Å²) in [6, 6.07) is -0.0956. The van der Waals surface area contributed by atoms with Gasteiger partial charge in [-0.3, -0.25) is 4.79 Å². The molecule has 0 aliphatic heterocycles. The Bertz CT molecular complexity index is 305. The molecule has 9 heteroatoms. The van der Waals surface area contributed by atoms with Gasteiger partial charge in [0.1, 0.15) is 5.92 Å². The number of carbonyl (C=O) groups is 1. The highest BCUT2D eigenvalue weighted by atomic mass is 19.4. The van der Waals surface area contributed by atoms with Crippen LogP contribution in [0.25, 0.3) is 0 Å². The van der Waals surface area contributed by atoms with E-state index >= 15 is 0 Å². The normalized spacial score (nSPS) is 14.7. The quantitative estimate of drug-likeness (QED) is 0.237. The molecule has 0 rings (SSSR count). The third-order valence-corrected chi connectivity index (χ3v) is 1.95. The van der Waals surface area contributed by atoms with E-state index < -0.39 is 30.4 Å². The van der Waals surface area contributed by atoms with E-state index in [-0.39, 0.29) is 12.6 Å². The van der Waals surface area contributed by atoms with Crippen molar-refractivity contribution in [1.29, 1.82) is 0 Å². The molecule has 0 bridgehead atoms. The van der Waals surface area contributed by atoms with Crippen molar-refractivity contribution in [2.45, 2.75) is 26.1 Å². The van der Waals surface area contributed by atoms with E-state index in [1.165, 1.54) is 0 Å². The van der Waals surface area contributed by atoms with Gasteiger partial charge in [-0.2, -0.15) is 13.2 Å². The van der Waals surface area contributed by atoms with Crippen molar-refractivity contribution in [2.24, 2.45) is 16.8 Å². The Morgan fingerprint density at radius 2 is 2.00 bits per heavy atom. The molecule has 6 nitrogen and oxygen atoms in total. The second-order valence-electron chi connectivity index (χ2n) is 3.97. The number of nitrogens with two attached hydrogens (primary N) is 1. The highest BCUT2D eigenvalue weighted by Crippen LogP contribution is 2.25. The summed E-state index contributed by atoms with van der Waals surface area (Å²) in [6.07, 6.45) is -4.64. The molecule has 1 amide bonds. The van der Waals surface area contributed by atoms with Gasteiger partial charge >= 0.3 is 6.18 Å². The monoisotopic (exact) mass is 270 g/mol. The number of amidine groups is 1. The van der Waals surface area contributed by atoms with Crippen molar-refractivity contribution in [2.75, 3.05) is 13.1 Å². The molecule has 0 aliphatic rings. The lowest BCUT2D eigenvalue weighted by molar-refractivity contribution is -0.155. The molecule has 0 radical (unpaired) electrons. The van der Waals surface area contributed by atoms with E-state index in [1.54, 1.807) is 13.8 Å². The maximum absolute atomic E-state index is 12.5. The predicted octanol–water partition coefficient (Wildman–Crippen LogP) is 0.0255. The summed E-state index contributed by atoms with van der Waals surface area (Å²) in [6.45, 7) is 2.55. The van der Waals surface area contributed by atoms with Crippen LogP contribution in [0.5, 0.6) is 0 Å². The van der Waals surface area contributed by atoms with E-state index in [1.807, 2.05) is 0 Å². The molecule has 0 aromatic carbocycles. The Morgan fingerprint density at radius 1 is 1.44 bits per heavy atom. The van der Waals surface area contributed by atoms with Crippen LogP contribution >= 0.6 is 0 Å². The summed E-state index contributed by atoms with van der Waals surface area (Å²) in [7, 11) is 0. The summed E-state index contributed by atoms with van der Waals surface area (Å²) in [5, 5.41) is 15.4. The standard InChI is InChI=1S/C9H17F3N4O2/c1-5(2)15-7(17)4-14-3-6(8(13)16-18)9(10,11)12/h5-6,14,18H,3-4H2,1-2H3,(H2,13,16)(H,15,17). The highest BCUT2D eigenvalue weighted by Gasteiger charge is 2.42. The molecule has 1 atom stereocenters. The minimum Gasteiger partial charge on any atom is -0.409 e. The van der Waals surface area contributed by atoms with Crippen LogP contribution in [0.15, 0.2) is 5.16 Å². The van der Waals surface area contributed by atoms with Gasteiger partial charge in [-0.1, -0.05) is 5.16 Å². The Labute approximate surface area is 102 Å². The molecule has 0 aliphatic carbocycles. The lowest BCUT2D eigenvalue weighted by Crippen LogP contribution is -2.45. The first-order chi connectivity index (χ1) is 8.18. The lowest BCUT2D eigenvalue weighted by atomic mass is 10.1. The largest absolute Gasteiger partial charge is 0.409 e. The first kappa shape index (κ1) is 16.5. The topological polar surface area (TPSA) is 99.7 Å². The van der Waals surface area contributed by atoms with Crippen LogP contribution in [-0.4, -0.2) is 42.3 Å². The average Bonchev–Trinajstić information content (AvgIpc) is 2.20. The van der Waals surface area contributed by atoms with E-state index in [4.69, 9.17) is 10.9 Å². The average molecular weight is 270 g/mol. The summed E-state index contributed by atoms with van der Waals surface area (Å²) in [5.41, 5.74) is 4.94. The van der Waals surface area contributed by atoms with Gasteiger partial charge in [-0.15, -0.1) is 0 Å². The van der Waals surface area contributed by atoms with Crippen LogP contribution in [0.3, 0.4) is 0 Å². The molecule has 0 heterocycles. The molecule has 0 aromatic rings. The van der Waals surface area contributed by atoms with Gasteiger partial charge in [0, 0.05) is 12.6 Å². The fraction of sp³-hybridized carbons (Fsp3) is 0.778. The zero-order valence-corrected chi connectivity index (χ0v) is 10.1. The fourth-order valence-electron chi connectivity index (χ4n) is 1.16. The maximum Gasteiger partial charge on any atom is 0.400 e. The van der Waals surface area contributed by atoms with Gasteiger partial charge in [-0.05, 0) is 13.8 Å². The first-order valence-corrected chi connectivity index (χ1v) is 5.22. The summed E-state index contributed by atoms with van der Waals surface area (Å²) in [5.74, 6) is -3.50. The summed E-state index contributed by atoms with van der Waals surface area (Å²) >= 11 is 0.